The first-order valence-electron chi connectivity index (χ1n) is 7.47. The van der Waals surface area contributed by atoms with E-state index in [2.05, 4.69) is 5.32 Å². The van der Waals surface area contributed by atoms with Gasteiger partial charge in [-0.25, -0.2) is 4.39 Å². The second kappa shape index (κ2) is 9.58. The molecule has 2 rings (SSSR count). The lowest BCUT2D eigenvalue weighted by molar-refractivity contribution is -0.120. The van der Waals surface area contributed by atoms with Gasteiger partial charge in [0.2, 0.25) is 5.91 Å². The smallest absolute Gasteiger partial charge is 0.220 e. The van der Waals surface area contributed by atoms with Crippen molar-refractivity contribution in [2.45, 2.75) is 18.6 Å². The summed E-state index contributed by atoms with van der Waals surface area (Å²) in [6.07, 6.45) is 1.04. The zero-order valence-electron chi connectivity index (χ0n) is 12.7. The van der Waals surface area contributed by atoms with E-state index in [1.54, 1.807) is 23.9 Å². The highest BCUT2D eigenvalue weighted by Gasteiger charge is 2.03. The molecule has 0 unspecified atom stereocenters. The first-order chi connectivity index (χ1) is 11.1. The molecule has 0 aromatic heterocycles. The summed E-state index contributed by atoms with van der Waals surface area (Å²) in [5.41, 5.74) is 2.08. The Kier molecular flexibility index (Phi) is 7.43. The molecule has 0 fully saturated rings. The maximum absolute atomic E-state index is 12.8. The second-order valence-corrected chi connectivity index (χ2v) is 6.63. The van der Waals surface area contributed by atoms with Gasteiger partial charge in [-0.2, -0.15) is 11.8 Å². The van der Waals surface area contributed by atoms with Gasteiger partial charge in [0.1, 0.15) is 5.82 Å². The lowest BCUT2D eigenvalue weighted by Crippen LogP contribution is -2.25. The van der Waals surface area contributed by atoms with E-state index in [9.17, 15) is 9.18 Å². The molecular formula is C18H19ClFNOS. The Bertz CT molecular complexity index is 633. The topological polar surface area (TPSA) is 29.1 Å². The number of thioether (sulfide) groups is 1. The fraction of sp³-hybridized carbons (Fsp3) is 0.278. The van der Waals surface area contributed by atoms with Crippen LogP contribution < -0.4 is 5.32 Å². The molecule has 0 aliphatic carbocycles. The highest BCUT2D eigenvalue weighted by atomic mass is 35.5. The van der Waals surface area contributed by atoms with Crippen molar-refractivity contribution in [1.82, 2.24) is 5.32 Å². The van der Waals surface area contributed by atoms with E-state index in [0.29, 0.717) is 19.4 Å². The van der Waals surface area contributed by atoms with Crippen LogP contribution in [0.15, 0.2) is 48.5 Å². The van der Waals surface area contributed by atoms with Crippen LogP contribution in [0.1, 0.15) is 17.5 Å². The molecule has 122 valence electrons. The lowest BCUT2D eigenvalue weighted by Gasteiger charge is -2.06. The van der Waals surface area contributed by atoms with Gasteiger partial charge >= 0.3 is 0 Å². The van der Waals surface area contributed by atoms with E-state index in [1.807, 2.05) is 24.3 Å². The van der Waals surface area contributed by atoms with Gasteiger partial charge in [0, 0.05) is 29.5 Å². The van der Waals surface area contributed by atoms with Gasteiger partial charge in [-0.05, 0) is 35.7 Å². The summed E-state index contributed by atoms with van der Waals surface area (Å²) in [4.78, 5) is 11.8. The summed E-state index contributed by atoms with van der Waals surface area (Å²) in [5.74, 6) is 1.44. The number of hydrogen-bond acceptors (Lipinski definition) is 2. The van der Waals surface area contributed by atoms with Crippen LogP contribution in [-0.4, -0.2) is 18.2 Å². The SMILES string of the molecule is O=C(CCc1ccc(F)cc1)NCCSCc1ccccc1Cl. The normalized spacial score (nSPS) is 10.5. The van der Waals surface area contributed by atoms with Gasteiger partial charge < -0.3 is 5.32 Å². The molecule has 2 aromatic carbocycles. The summed E-state index contributed by atoms with van der Waals surface area (Å²) in [5, 5.41) is 3.68. The number of carbonyl (C=O) groups is 1. The summed E-state index contributed by atoms with van der Waals surface area (Å²) in [6.45, 7) is 0.636. The quantitative estimate of drug-likeness (QED) is 0.711. The fourth-order valence-corrected chi connectivity index (χ4v) is 3.20. The molecule has 0 saturated heterocycles. The zero-order valence-corrected chi connectivity index (χ0v) is 14.3. The van der Waals surface area contributed by atoms with Crippen molar-refractivity contribution in [3.8, 4) is 0 Å². The third-order valence-corrected chi connectivity index (χ3v) is 4.71. The van der Waals surface area contributed by atoms with E-state index in [-0.39, 0.29) is 11.7 Å². The van der Waals surface area contributed by atoms with Crippen LogP contribution in [0.25, 0.3) is 0 Å². The van der Waals surface area contributed by atoms with E-state index in [1.165, 1.54) is 12.1 Å². The van der Waals surface area contributed by atoms with Gasteiger partial charge in [0.05, 0.1) is 0 Å². The average Bonchev–Trinajstić information content (AvgIpc) is 2.55. The Hall–Kier alpha value is -1.52. The predicted octanol–water partition coefficient (Wildman–Crippen LogP) is 4.46. The number of nitrogens with one attached hydrogen (secondary N) is 1. The van der Waals surface area contributed by atoms with Gasteiger partial charge in [-0.3, -0.25) is 4.79 Å². The van der Waals surface area contributed by atoms with E-state index >= 15 is 0 Å². The largest absolute Gasteiger partial charge is 0.355 e. The van der Waals surface area contributed by atoms with Crippen LogP contribution >= 0.6 is 23.4 Å². The minimum absolute atomic E-state index is 0.0210. The molecule has 2 nitrogen and oxygen atoms in total. The maximum atomic E-state index is 12.8. The summed E-state index contributed by atoms with van der Waals surface area (Å²) >= 11 is 7.83. The number of halogens is 2. The van der Waals surface area contributed by atoms with E-state index in [4.69, 9.17) is 11.6 Å². The number of carbonyl (C=O) groups excluding carboxylic acids is 1. The van der Waals surface area contributed by atoms with Gasteiger partial charge in [0.15, 0.2) is 0 Å². The van der Waals surface area contributed by atoms with Gasteiger partial charge in [-0.15, -0.1) is 0 Å². The Morgan fingerprint density at radius 2 is 1.87 bits per heavy atom. The molecule has 0 aliphatic heterocycles. The molecular weight excluding hydrogens is 333 g/mol. The third kappa shape index (κ3) is 6.63. The van der Waals surface area contributed by atoms with Crippen LogP contribution in [0.5, 0.6) is 0 Å². The van der Waals surface area contributed by atoms with Crippen LogP contribution in [-0.2, 0) is 17.0 Å². The Morgan fingerprint density at radius 1 is 1.13 bits per heavy atom. The molecule has 0 saturated carbocycles. The predicted molar refractivity (Wildman–Crippen MR) is 95.3 cm³/mol. The maximum Gasteiger partial charge on any atom is 0.220 e. The van der Waals surface area contributed by atoms with Crippen molar-refractivity contribution >= 4 is 29.3 Å². The molecule has 0 bridgehead atoms. The molecule has 2 aromatic rings. The Morgan fingerprint density at radius 3 is 2.61 bits per heavy atom. The molecule has 0 aliphatic rings. The number of rotatable bonds is 8. The zero-order chi connectivity index (χ0) is 16.5. The van der Waals surface area contributed by atoms with Crippen LogP contribution in [0.2, 0.25) is 5.02 Å². The molecule has 0 atom stereocenters. The van der Waals surface area contributed by atoms with Crippen LogP contribution in [0.3, 0.4) is 0 Å². The van der Waals surface area contributed by atoms with Crippen molar-refractivity contribution in [2.24, 2.45) is 0 Å². The molecule has 0 radical (unpaired) electrons. The first kappa shape index (κ1) is 17.8. The molecule has 23 heavy (non-hydrogen) atoms. The van der Waals surface area contributed by atoms with Crippen molar-refractivity contribution in [2.75, 3.05) is 12.3 Å². The lowest BCUT2D eigenvalue weighted by atomic mass is 10.1. The molecule has 0 heterocycles. The van der Waals surface area contributed by atoms with Crippen LogP contribution in [0, 0.1) is 5.82 Å². The second-order valence-electron chi connectivity index (χ2n) is 5.12. The number of benzene rings is 2. The first-order valence-corrected chi connectivity index (χ1v) is 9.01. The number of amides is 1. The minimum Gasteiger partial charge on any atom is -0.355 e. The van der Waals surface area contributed by atoms with E-state index < -0.39 is 0 Å². The molecule has 1 N–H and O–H groups in total. The van der Waals surface area contributed by atoms with Crippen molar-refractivity contribution < 1.29 is 9.18 Å². The molecule has 0 spiro atoms. The highest BCUT2D eigenvalue weighted by Crippen LogP contribution is 2.20. The summed E-state index contributed by atoms with van der Waals surface area (Å²) < 4.78 is 12.8. The summed E-state index contributed by atoms with van der Waals surface area (Å²) in [7, 11) is 0. The Labute approximate surface area is 145 Å². The third-order valence-electron chi connectivity index (χ3n) is 3.34. The summed E-state index contributed by atoms with van der Waals surface area (Å²) in [6, 6.07) is 14.0. The van der Waals surface area contributed by atoms with Gasteiger partial charge in [0.25, 0.3) is 0 Å². The Balaban J connectivity index is 1.58. The monoisotopic (exact) mass is 351 g/mol. The number of hydrogen-bond donors (Lipinski definition) is 1. The van der Waals surface area contributed by atoms with E-state index in [0.717, 1.165) is 27.7 Å². The molecule has 5 heteroatoms. The van der Waals surface area contributed by atoms with Gasteiger partial charge in [-0.1, -0.05) is 41.9 Å². The van der Waals surface area contributed by atoms with Crippen molar-refractivity contribution in [3.63, 3.8) is 0 Å². The minimum atomic E-state index is -0.256. The van der Waals surface area contributed by atoms with Crippen LogP contribution in [0.4, 0.5) is 4.39 Å². The number of aryl methyl sites for hydroxylation is 1. The molecule has 1 amide bonds. The van der Waals surface area contributed by atoms with Crippen molar-refractivity contribution in [3.05, 3.63) is 70.5 Å². The average molecular weight is 352 g/mol. The van der Waals surface area contributed by atoms with Crippen molar-refractivity contribution in [1.29, 1.82) is 0 Å². The standard InChI is InChI=1S/C18H19ClFNOS/c19-17-4-2-1-3-15(17)13-23-12-11-21-18(22)10-7-14-5-8-16(20)9-6-14/h1-6,8-9H,7,10-13H2,(H,21,22). The highest BCUT2D eigenvalue weighted by molar-refractivity contribution is 7.98. The fourth-order valence-electron chi connectivity index (χ4n) is 2.06.